The predicted molar refractivity (Wildman–Crippen MR) is 100 cm³/mol. The molecule has 146 valence electrons. The van der Waals surface area contributed by atoms with Gasteiger partial charge in [0.15, 0.2) is 0 Å². The van der Waals surface area contributed by atoms with Crippen LogP contribution < -0.4 is 16.1 Å². The van der Waals surface area contributed by atoms with E-state index in [4.69, 9.17) is 0 Å². The Hall–Kier alpha value is -2.48. The molecule has 2 aromatic rings. The number of nitrogens with one attached hydrogen (secondary N) is 1. The largest absolute Gasteiger partial charge is 0.367 e. The maximum atomic E-state index is 13.9. The lowest BCUT2D eigenvalue weighted by Crippen LogP contribution is -2.47. The third-order valence-corrected chi connectivity index (χ3v) is 4.94. The zero-order chi connectivity index (χ0) is 19.4. The molecule has 0 atom stereocenters. The molecule has 0 bridgehead atoms. The van der Waals surface area contributed by atoms with E-state index in [1.165, 1.54) is 16.7 Å². The summed E-state index contributed by atoms with van der Waals surface area (Å²) in [5.41, 5.74) is 0.259. The summed E-state index contributed by atoms with van der Waals surface area (Å²) in [6.07, 6.45) is 3.35. The number of anilines is 1. The Labute approximate surface area is 156 Å². The summed E-state index contributed by atoms with van der Waals surface area (Å²) in [4.78, 5) is 29.7. The molecule has 27 heavy (non-hydrogen) atoms. The molecule has 8 heteroatoms. The van der Waals surface area contributed by atoms with E-state index in [1.54, 1.807) is 13.1 Å². The average molecular weight is 378 g/mol. The third-order valence-electron chi connectivity index (χ3n) is 4.94. The topological polar surface area (TPSA) is 61.3 Å². The fourth-order valence-electron chi connectivity index (χ4n) is 3.35. The van der Waals surface area contributed by atoms with E-state index in [-0.39, 0.29) is 11.2 Å². The number of halogens is 2. The molecule has 0 aliphatic carbocycles. The van der Waals surface area contributed by atoms with Crippen molar-refractivity contribution >= 4 is 5.69 Å². The zero-order valence-electron chi connectivity index (χ0n) is 15.4. The van der Waals surface area contributed by atoms with Crippen LogP contribution in [0, 0.1) is 18.6 Å². The van der Waals surface area contributed by atoms with Crippen molar-refractivity contribution in [1.82, 2.24) is 14.5 Å². The zero-order valence-corrected chi connectivity index (χ0v) is 15.4. The first-order valence-corrected chi connectivity index (χ1v) is 9.17. The van der Waals surface area contributed by atoms with Crippen LogP contribution in [0.15, 0.2) is 34.0 Å². The van der Waals surface area contributed by atoms with Gasteiger partial charge < -0.3 is 9.47 Å². The highest BCUT2D eigenvalue weighted by Crippen LogP contribution is 2.21. The van der Waals surface area contributed by atoms with Gasteiger partial charge in [0.25, 0.3) is 5.56 Å². The Bertz CT molecular complexity index is 901. The first-order valence-electron chi connectivity index (χ1n) is 9.17. The molecule has 3 rings (SSSR count). The van der Waals surface area contributed by atoms with E-state index in [0.29, 0.717) is 30.9 Å². The monoisotopic (exact) mass is 378 g/mol. The fraction of sp³-hybridized carbons (Fsp3) is 0.474. The number of rotatable bonds is 6. The minimum Gasteiger partial charge on any atom is -0.367 e. The van der Waals surface area contributed by atoms with Gasteiger partial charge in [-0.3, -0.25) is 14.7 Å². The van der Waals surface area contributed by atoms with Gasteiger partial charge in [-0.05, 0) is 38.4 Å². The summed E-state index contributed by atoms with van der Waals surface area (Å²) < 4.78 is 28.4. The van der Waals surface area contributed by atoms with Crippen LogP contribution in [0.1, 0.15) is 18.4 Å². The maximum Gasteiger partial charge on any atom is 0.328 e. The van der Waals surface area contributed by atoms with Gasteiger partial charge in [0, 0.05) is 50.6 Å². The average Bonchev–Trinajstić information content (AvgIpc) is 2.63. The van der Waals surface area contributed by atoms with Crippen molar-refractivity contribution in [2.45, 2.75) is 26.3 Å². The standard InChI is InChI=1S/C19H24F2N4O2/c1-14-13-25(19(27)22-18(14)26)7-3-2-6-23-8-10-24(11-9-23)17-5-4-15(20)12-16(17)21/h4-5,12-13H,2-3,6-11H2,1H3,(H,22,26,27). The number of benzene rings is 1. The van der Waals surface area contributed by atoms with E-state index in [9.17, 15) is 18.4 Å². The summed E-state index contributed by atoms with van der Waals surface area (Å²) in [5, 5.41) is 0. The number of aromatic nitrogens is 2. The van der Waals surface area contributed by atoms with Crippen molar-refractivity contribution in [2.75, 3.05) is 37.6 Å². The van der Waals surface area contributed by atoms with Gasteiger partial charge in [-0.1, -0.05) is 0 Å². The van der Waals surface area contributed by atoms with Crippen LogP contribution in [0.4, 0.5) is 14.5 Å². The minimum absolute atomic E-state index is 0.341. The second-order valence-corrected chi connectivity index (χ2v) is 6.90. The number of nitrogens with zero attached hydrogens (tertiary/aromatic N) is 3. The highest BCUT2D eigenvalue weighted by atomic mass is 19.1. The number of hydrogen-bond donors (Lipinski definition) is 1. The SMILES string of the molecule is Cc1cn(CCCCN2CCN(c3ccc(F)cc3F)CC2)c(=O)[nH]c1=O. The molecule has 1 aromatic heterocycles. The van der Waals surface area contributed by atoms with Crippen LogP contribution in [0.2, 0.25) is 0 Å². The number of piperazine rings is 1. The summed E-state index contributed by atoms with van der Waals surface area (Å²) in [6.45, 7) is 6.16. The van der Waals surface area contributed by atoms with Gasteiger partial charge >= 0.3 is 5.69 Å². The molecule has 1 aliphatic heterocycles. The lowest BCUT2D eigenvalue weighted by molar-refractivity contribution is 0.250. The number of aromatic amines is 1. The van der Waals surface area contributed by atoms with E-state index < -0.39 is 11.6 Å². The van der Waals surface area contributed by atoms with Crippen LogP contribution in [0.5, 0.6) is 0 Å². The molecule has 1 aliphatic rings. The van der Waals surface area contributed by atoms with Crippen molar-refractivity contribution < 1.29 is 8.78 Å². The highest BCUT2D eigenvalue weighted by molar-refractivity contribution is 5.48. The van der Waals surface area contributed by atoms with Gasteiger partial charge in [-0.15, -0.1) is 0 Å². The van der Waals surface area contributed by atoms with Crippen molar-refractivity contribution in [2.24, 2.45) is 0 Å². The second kappa shape index (κ2) is 8.47. The van der Waals surface area contributed by atoms with E-state index >= 15 is 0 Å². The van der Waals surface area contributed by atoms with Gasteiger partial charge in [-0.2, -0.15) is 0 Å². The van der Waals surface area contributed by atoms with E-state index in [0.717, 1.165) is 38.5 Å². The highest BCUT2D eigenvalue weighted by Gasteiger charge is 2.19. The van der Waals surface area contributed by atoms with Gasteiger partial charge in [0.05, 0.1) is 5.69 Å². The number of hydrogen-bond acceptors (Lipinski definition) is 4. The van der Waals surface area contributed by atoms with Gasteiger partial charge in [0.1, 0.15) is 11.6 Å². The second-order valence-electron chi connectivity index (χ2n) is 6.90. The Morgan fingerprint density at radius 1 is 1.04 bits per heavy atom. The molecule has 0 spiro atoms. The number of H-pyrrole nitrogens is 1. The molecule has 0 saturated carbocycles. The van der Waals surface area contributed by atoms with Gasteiger partial charge in [0.2, 0.25) is 0 Å². The molecule has 0 unspecified atom stereocenters. The maximum absolute atomic E-state index is 13.9. The van der Waals surface area contributed by atoms with Crippen LogP contribution in [-0.4, -0.2) is 47.2 Å². The van der Waals surface area contributed by atoms with Crippen LogP contribution in [-0.2, 0) is 6.54 Å². The predicted octanol–water partition coefficient (Wildman–Crippen LogP) is 1.73. The first kappa shape index (κ1) is 19.3. The molecule has 1 N–H and O–H groups in total. The molecule has 1 fully saturated rings. The number of unbranched alkanes of at least 4 members (excludes halogenated alkanes) is 1. The molecule has 6 nitrogen and oxygen atoms in total. The summed E-state index contributed by atoms with van der Waals surface area (Å²) in [6, 6.07) is 3.69. The summed E-state index contributed by atoms with van der Waals surface area (Å²) in [7, 11) is 0. The van der Waals surface area contributed by atoms with Crippen molar-refractivity contribution in [3.05, 3.63) is 62.4 Å². The van der Waals surface area contributed by atoms with Gasteiger partial charge in [-0.25, -0.2) is 13.6 Å². The molecule has 0 amide bonds. The molecular formula is C19H24F2N4O2. The lowest BCUT2D eigenvalue weighted by Gasteiger charge is -2.36. The molecular weight excluding hydrogens is 354 g/mol. The van der Waals surface area contributed by atoms with Crippen LogP contribution >= 0.6 is 0 Å². The first-order chi connectivity index (χ1) is 12.9. The Balaban J connectivity index is 1.43. The molecule has 2 heterocycles. The molecule has 1 aromatic carbocycles. The Morgan fingerprint density at radius 2 is 1.74 bits per heavy atom. The van der Waals surface area contributed by atoms with Crippen molar-refractivity contribution in [1.29, 1.82) is 0 Å². The summed E-state index contributed by atoms with van der Waals surface area (Å²) >= 11 is 0. The van der Waals surface area contributed by atoms with Crippen LogP contribution in [0.25, 0.3) is 0 Å². The number of aryl methyl sites for hydroxylation is 2. The van der Waals surface area contributed by atoms with Crippen molar-refractivity contribution in [3.63, 3.8) is 0 Å². The smallest absolute Gasteiger partial charge is 0.328 e. The Morgan fingerprint density at radius 3 is 2.44 bits per heavy atom. The molecule has 0 radical (unpaired) electrons. The Kier molecular flexibility index (Phi) is 6.05. The normalized spacial score (nSPS) is 15.3. The quantitative estimate of drug-likeness (QED) is 0.778. The molecule has 1 saturated heterocycles. The third kappa shape index (κ3) is 4.82. The lowest BCUT2D eigenvalue weighted by atomic mass is 10.2. The van der Waals surface area contributed by atoms with E-state index in [1.807, 2.05) is 4.90 Å². The summed E-state index contributed by atoms with van der Waals surface area (Å²) in [5.74, 6) is -1.09. The van der Waals surface area contributed by atoms with Crippen LogP contribution in [0.3, 0.4) is 0 Å². The van der Waals surface area contributed by atoms with E-state index in [2.05, 4.69) is 9.88 Å². The minimum atomic E-state index is -0.563. The van der Waals surface area contributed by atoms with Crippen molar-refractivity contribution in [3.8, 4) is 0 Å². The fourth-order valence-corrected chi connectivity index (χ4v) is 3.35.